The smallest absolute Gasteiger partial charge is 0.414 e. The summed E-state index contributed by atoms with van der Waals surface area (Å²) in [4.78, 5) is 27.9. The molecule has 0 aliphatic carbocycles. The molecule has 0 saturated carbocycles. The van der Waals surface area contributed by atoms with Crippen molar-refractivity contribution in [1.29, 1.82) is 0 Å². The third kappa shape index (κ3) is 6.23. The zero-order valence-electron chi connectivity index (χ0n) is 18.0. The molecule has 8 nitrogen and oxygen atoms in total. The number of ether oxygens (including phenoxy) is 2. The highest BCUT2D eigenvalue weighted by Gasteiger charge is 2.37. The van der Waals surface area contributed by atoms with Crippen LogP contribution in [0.4, 0.5) is 34.1 Å². The highest BCUT2D eigenvalue weighted by atomic mass is 19.4. The Hall–Kier alpha value is -2.53. The van der Waals surface area contributed by atoms with E-state index < -0.39 is 30.8 Å². The fraction of sp³-hybridized carbons (Fsp3) is 0.600. The highest BCUT2D eigenvalue weighted by molar-refractivity contribution is 6.00. The Morgan fingerprint density at radius 2 is 1.94 bits per heavy atom. The lowest BCUT2D eigenvalue weighted by molar-refractivity contribution is -0.124. The Balaban J connectivity index is 2.41. The van der Waals surface area contributed by atoms with Crippen LogP contribution in [0.15, 0.2) is 18.2 Å². The van der Waals surface area contributed by atoms with Gasteiger partial charge >= 0.3 is 18.4 Å². The van der Waals surface area contributed by atoms with E-state index in [9.17, 15) is 22.8 Å². The molecule has 0 spiro atoms. The normalized spacial score (nSPS) is 17.4. The number of nitrogens with zero attached hydrogens (tertiary/aromatic N) is 2. The number of carbonyl (C=O) groups excluding carboxylic acids is 2. The van der Waals surface area contributed by atoms with Crippen LogP contribution in [0, 0.1) is 0 Å². The minimum absolute atomic E-state index is 0.00234. The first kappa shape index (κ1) is 24.7. The first-order valence-electron chi connectivity index (χ1n) is 9.95. The molecule has 1 aromatic carbocycles. The summed E-state index contributed by atoms with van der Waals surface area (Å²) in [5.41, 5.74) is 7.28. The van der Waals surface area contributed by atoms with Crippen molar-refractivity contribution < 1.29 is 32.2 Å². The van der Waals surface area contributed by atoms with Gasteiger partial charge in [0, 0.05) is 19.0 Å². The summed E-state index contributed by atoms with van der Waals surface area (Å²) in [5.74, 6) is -0.429. The van der Waals surface area contributed by atoms with Gasteiger partial charge in [-0.25, -0.2) is 9.59 Å². The maximum Gasteiger partial charge on any atom is 0.414 e. The van der Waals surface area contributed by atoms with Crippen LogP contribution < -0.4 is 20.9 Å². The van der Waals surface area contributed by atoms with Gasteiger partial charge in [-0.05, 0) is 38.5 Å². The Bertz CT molecular complexity index is 788. The number of hydrogen-bond donors (Lipinski definition) is 2. The molecule has 174 valence electrons. The summed E-state index contributed by atoms with van der Waals surface area (Å²) in [7, 11) is 1.26. The van der Waals surface area contributed by atoms with Crippen molar-refractivity contribution in [1.82, 2.24) is 5.32 Å². The number of rotatable bonds is 6. The van der Waals surface area contributed by atoms with Gasteiger partial charge in [-0.15, -0.1) is 0 Å². The monoisotopic (exact) mass is 446 g/mol. The lowest BCUT2D eigenvalue weighted by Gasteiger charge is -2.40. The quantitative estimate of drug-likeness (QED) is 0.697. The van der Waals surface area contributed by atoms with Crippen molar-refractivity contribution in [3.05, 3.63) is 23.8 Å². The first-order chi connectivity index (χ1) is 14.5. The number of nitrogens with two attached hydrogens (primary N) is 1. The van der Waals surface area contributed by atoms with Gasteiger partial charge in [0.25, 0.3) is 0 Å². The summed E-state index contributed by atoms with van der Waals surface area (Å²) in [6, 6.07) is 4.60. The van der Waals surface area contributed by atoms with E-state index in [0.717, 1.165) is 0 Å². The van der Waals surface area contributed by atoms with Crippen molar-refractivity contribution in [2.24, 2.45) is 5.73 Å². The van der Waals surface area contributed by atoms with Gasteiger partial charge in [0.1, 0.15) is 0 Å². The third-order valence-corrected chi connectivity index (χ3v) is 4.84. The molecule has 1 unspecified atom stereocenters. The van der Waals surface area contributed by atoms with Crippen molar-refractivity contribution in [3.63, 3.8) is 0 Å². The standard InChI is InChI=1S/C20H29F3N4O4/c1-12(2)31-18(28)26-10-13(3)27(19(29)30-4)16-6-5-14(7-17(16)26)15(8-24)9-25-11-20(21,22)23/h5-7,12-13,15,25H,8-11,24H2,1-4H3/t13-,15?/m0/s1. The van der Waals surface area contributed by atoms with Gasteiger partial charge in [-0.3, -0.25) is 9.80 Å². The number of methoxy groups -OCH3 is 1. The van der Waals surface area contributed by atoms with Crippen LogP contribution >= 0.6 is 0 Å². The summed E-state index contributed by atoms with van der Waals surface area (Å²) in [6.45, 7) is 4.35. The molecule has 2 amide bonds. The zero-order chi connectivity index (χ0) is 23.3. The van der Waals surface area contributed by atoms with E-state index in [1.807, 2.05) is 0 Å². The molecule has 0 saturated heterocycles. The number of fused-ring (bicyclic) bond motifs is 1. The van der Waals surface area contributed by atoms with Crippen LogP contribution in [-0.4, -0.2) is 63.8 Å². The highest BCUT2D eigenvalue weighted by Crippen LogP contribution is 2.38. The number of amides is 2. The number of nitrogens with one attached hydrogen (secondary N) is 1. The van der Waals surface area contributed by atoms with Crippen LogP contribution in [0.5, 0.6) is 0 Å². The molecular weight excluding hydrogens is 417 g/mol. The zero-order valence-corrected chi connectivity index (χ0v) is 18.0. The predicted octanol–water partition coefficient (Wildman–Crippen LogP) is 3.21. The molecule has 0 bridgehead atoms. The number of benzene rings is 1. The Morgan fingerprint density at radius 3 is 2.48 bits per heavy atom. The summed E-state index contributed by atoms with van der Waals surface area (Å²) in [5, 5.41) is 2.36. The number of halogens is 3. The van der Waals surface area contributed by atoms with Gasteiger partial charge < -0.3 is 20.5 Å². The molecular formula is C20H29F3N4O4. The average molecular weight is 446 g/mol. The molecule has 1 aromatic rings. The van der Waals surface area contributed by atoms with Gasteiger partial charge in [-0.2, -0.15) is 13.2 Å². The second-order valence-corrected chi connectivity index (χ2v) is 7.66. The molecule has 0 aromatic heterocycles. The van der Waals surface area contributed by atoms with Crippen LogP contribution in [0.1, 0.15) is 32.3 Å². The lowest BCUT2D eigenvalue weighted by atomic mass is 9.96. The molecule has 1 aliphatic heterocycles. The van der Waals surface area contributed by atoms with Gasteiger partial charge in [-0.1, -0.05) is 6.07 Å². The summed E-state index contributed by atoms with van der Waals surface area (Å²) in [6.07, 6.45) is -5.84. The van der Waals surface area contributed by atoms with Crippen LogP contribution in [0.25, 0.3) is 0 Å². The van der Waals surface area contributed by atoms with E-state index in [0.29, 0.717) is 16.9 Å². The second-order valence-electron chi connectivity index (χ2n) is 7.66. The van der Waals surface area contributed by atoms with Crippen LogP contribution in [0.3, 0.4) is 0 Å². The molecule has 1 aliphatic rings. The summed E-state index contributed by atoms with van der Waals surface area (Å²) < 4.78 is 47.6. The van der Waals surface area contributed by atoms with E-state index >= 15 is 0 Å². The van der Waals surface area contributed by atoms with E-state index in [2.05, 4.69) is 5.32 Å². The minimum atomic E-state index is -4.33. The predicted molar refractivity (Wildman–Crippen MR) is 110 cm³/mol. The maximum absolute atomic E-state index is 12.7. The molecule has 0 radical (unpaired) electrons. The Morgan fingerprint density at radius 1 is 1.26 bits per heavy atom. The van der Waals surface area contributed by atoms with Crippen molar-refractivity contribution in [3.8, 4) is 0 Å². The SMILES string of the molecule is COC(=O)N1c2ccc(C(CN)CNCC(F)(F)F)cc2N(C(=O)OC(C)C)C[C@@H]1C. The number of alkyl halides is 3. The van der Waals surface area contributed by atoms with E-state index in [1.54, 1.807) is 39.0 Å². The first-order valence-corrected chi connectivity index (χ1v) is 9.95. The molecule has 31 heavy (non-hydrogen) atoms. The van der Waals surface area contributed by atoms with Crippen molar-refractivity contribution >= 4 is 23.6 Å². The van der Waals surface area contributed by atoms with Gasteiger partial charge in [0.15, 0.2) is 0 Å². The maximum atomic E-state index is 12.7. The fourth-order valence-corrected chi connectivity index (χ4v) is 3.44. The van der Waals surface area contributed by atoms with E-state index in [4.69, 9.17) is 15.2 Å². The van der Waals surface area contributed by atoms with Gasteiger partial charge in [0.2, 0.25) is 0 Å². The van der Waals surface area contributed by atoms with Gasteiger partial charge in [0.05, 0.1) is 43.7 Å². The number of carbonyl (C=O) groups is 2. The van der Waals surface area contributed by atoms with E-state index in [-0.39, 0.29) is 31.8 Å². The lowest BCUT2D eigenvalue weighted by Crippen LogP contribution is -2.52. The molecule has 2 rings (SSSR count). The Labute approximate surface area is 179 Å². The largest absolute Gasteiger partial charge is 0.452 e. The molecule has 11 heteroatoms. The summed E-state index contributed by atoms with van der Waals surface area (Å²) >= 11 is 0. The number of anilines is 2. The molecule has 1 heterocycles. The molecule has 0 fully saturated rings. The average Bonchev–Trinajstić information content (AvgIpc) is 2.68. The third-order valence-electron chi connectivity index (χ3n) is 4.84. The topological polar surface area (TPSA) is 97.1 Å². The Kier molecular flexibility index (Phi) is 8.13. The van der Waals surface area contributed by atoms with E-state index in [1.165, 1.54) is 16.9 Å². The second kappa shape index (κ2) is 10.2. The fourth-order valence-electron chi connectivity index (χ4n) is 3.44. The number of hydrogen-bond acceptors (Lipinski definition) is 6. The molecule has 2 atom stereocenters. The van der Waals surface area contributed by atoms with Crippen molar-refractivity contribution in [2.45, 2.75) is 45.0 Å². The van der Waals surface area contributed by atoms with Crippen LogP contribution in [0.2, 0.25) is 0 Å². The van der Waals surface area contributed by atoms with Crippen molar-refractivity contribution in [2.75, 3.05) is 43.1 Å². The molecule has 3 N–H and O–H groups in total. The minimum Gasteiger partial charge on any atom is -0.452 e. The van der Waals surface area contributed by atoms with Crippen LogP contribution in [-0.2, 0) is 9.47 Å².